The number of carbonyl (C=O) groups excluding carboxylic acids is 2. The van der Waals surface area contributed by atoms with Crippen molar-refractivity contribution in [2.45, 2.75) is 52.6 Å². The summed E-state index contributed by atoms with van der Waals surface area (Å²) in [6, 6.07) is 8.85. The van der Waals surface area contributed by atoms with Crippen LogP contribution in [0.5, 0.6) is 23.0 Å². The Morgan fingerprint density at radius 3 is 2.07 bits per heavy atom. The lowest BCUT2D eigenvalue weighted by Gasteiger charge is -2.23. The highest BCUT2D eigenvalue weighted by Gasteiger charge is 2.33. The molecule has 1 aliphatic heterocycles. The summed E-state index contributed by atoms with van der Waals surface area (Å²) in [4.78, 5) is 49.9. The molecular weight excluding hydrogens is 590 g/mol. The van der Waals surface area contributed by atoms with Crippen LogP contribution in [0.4, 0.5) is 0 Å². The molecule has 1 aromatic heterocycles. The number of carbonyl (C=O) groups is 4. The van der Waals surface area contributed by atoms with E-state index in [4.69, 9.17) is 24.1 Å². The summed E-state index contributed by atoms with van der Waals surface area (Å²) in [7, 11) is 3.08. The van der Waals surface area contributed by atoms with Gasteiger partial charge in [0.2, 0.25) is 5.91 Å². The van der Waals surface area contributed by atoms with Gasteiger partial charge in [0.05, 0.1) is 50.2 Å². The van der Waals surface area contributed by atoms with Crippen molar-refractivity contribution in [3.8, 4) is 23.0 Å². The molecule has 236 valence electrons. The maximum atomic E-state index is 12.8. The van der Waals surface area contributed by atoms with Gasteiger partial charge in [0, 0.05) is 36.6 Å². The number of rotatable bonds is 15. The van der Waals surface area contributed by atoms with E-state index in [1.165, 1.54) is 32.3 Å². The number of aliphatic carboxylic acids is 2. The summed E-state index contributed by atoms with van der Waals surface area (Å²) in [6.07, 6.45) is 0.401. The van der Waals surface area contributed by atoms with Crippen molar-refractivity contribution < 1.29 is 48.3 Å². The van der Waals surface area contributed by atoms with E-state index in [0.29, 0.717) is 54.1 Å². The van der Waals surface area contributed by atoms with Crippen molar-refractivity contribution in [1.82, 2.24) is 4.90 Å². The molecular formula is C32H37NO10S. The number of ketones is 1. The molecule has 0 radical (unpaired) electrons. The summed E-state index contributed by atoms with van der Waals surface area (Å²) in [5, 5.41) is 19.1. The van der Waals surface area contributed by atoms with Gasteiger partial charge in [0.15, 0.2) is 28.8 Å². The fraction of sp³-hybridized carbons (Fsp3) is 0.438. The van der Waals surface area contributed by atoms with E-state index in [2.05, 4.69) is 0 Å². The summed E-state index contributed by atoms with van der Waals surface area (Å²) in [6.45, 7) is 5.96. The molecule has 1 aliphatic rings. The van der Waals surface area contributed by atoms with E-state index in [1.54, 1.807) is 30.2 Å². The number of carboxylic acid groups (broad SMARTS) is 2. The Morgan fingerprint density at radius 1 is 0.864 bits per heavy atom. The summed E-state index contributed by atoms with van der Waals surface area (Å²) in [5.41, 5.74) is 1.86. The molecule has 0 bridgehead atoms. The summed E-state index contributed by atoms with van der Waals surface area (Å²) < 4.78 is 23.9. The van der Waals surface area contributed by atoms with Gasteiger partial charge in [-0.25, -0.2) is 0 Å². The zero-order chi connectivity index (χ0) is 32.1. The van der Waals surface area contributed by atoms with Gasteiger partial charge in [-0.05, 0) is 47.7 Å². The van der Waals surface area contributed by atoms with Gasteiger partial charge in [-0.1, -0.05) is 13.8 Å². The Balaban J connectivity index is 1.36. The number of fused-ring (bicyclic) bond motifs is 2. The quantitative estimate of drug-likeness (QED) is 0.162. The Hall–Kier alpha value is -4.32. The molecule has 1 amide bonds. The first-order valence-electron chi connectivity index (χ1n) is 14.3. The highest BCUT2D eigenvalue weighted by atomic mass is 32.1. The van der Waals surface area contributed by atoms with E-state index < -0.39 is 23.8 Å². The van der Waals surface area contributed by atoms with Crippen LogP contribution in [-0.4, -0.2) is 66.2 Å². The van der Waals surface area contributed by atoms with Gasteiger partial charge in [0.25, 0.3) is 0 Å². The smallest absolute Gasteiger partial charge is 0.306 e. The topological polar surface area (TPSA) is 149 Å². The SMILES string of the molecule is COc1cc2c(cc1OCCCOc1cc3cc(C(=O)CC(C)C(=O)O)sc3cc1OC)C(C)N(C(=O)CC(C)C(=O)O)C2. The Labute approximate surface area is 259 Å². The van der Waals surface area contributed by atoms with Crippen molar-refractivity contribution >= 4 is 45.1 Å². The molecule has 2 heterocycles. The second-order valence-corrected chi connectivity index (χ2v) is 12.0. The van der Waals surface area contributed by atoms with Crippen LogP contribution < -0.4 is 18.9 Å². The summed E-state index contributed by atoms with van der Waals surface area (Å²) in [5.74, 6) is -1.85. The predicted molar refractivity (Wildman–Crippen MR) is 163 cm³/mol. The lowest BCUT2D eigenvalue weighted by atomic mass is 10.0. The van der Waals surface area contributed by atoms with E-state index >= 15 is 0 Å². The molecule has 11 nitrogen and oxygen atoms in total. The number of ether oxygens (including phenoxy) is 4. The number of carboxylic acids is 2. The molecule has 0 aliphatic carbocycles. The van der Waals surface area contributed by atoms with Crippen molar-refractivity contribution in [2.24, 2.45) is 11.8 Å². The Bertz CT molecular complexity index is 1560. The van der Waals surface area contributed by atoms with Crippen LogP contribution in [0.2, 0.25) is 0 Å². The number of hydrogen-bond donors (Lipinski definition) is 2. The number of benzene rings is 2. The van der Waals surface area contributed by atoms with E-state index in [1.807, 2.05) is 19.1 Å². The molecule has 12 heteroatoms. The maximum absolute atomic E-state index is 12.8. The largest absolute Gasteiger partial charge is 0.493 e. The average molecular weight is 628 g/mol. The lowest BCUT2D eigenvalue weighted by Crippen LogP contribution is -2.30. The first kappa shape index (κ1) is 32.6. The normalized spacial score (nSPS) is 15.4. The molecule has 3 unspecified atom stereocenters. The maximum Gasteiger partial charge on any atom is 0.306 e. The van der Waals surface area contributed by atoms with Crippen LogP contribution in [-0.2, 0) is 20.9 Å². The number of methoxy groups -OCH3 is 2. The molecule has 3 atom stereocenters. The molecule has 0 saturated heterocycles. The Kier molecular flexibility index (Phi) is 10.4. The van der Waals surface area contributed by atoms with Crippen molar-refractivity contribution in [3.63, 3.8) is 0 Å². The molecule has 4 rings (SSSR count). The van der Waals surface area contributed by atoms with Crippen LogP contribution in [0.3, 0.4) is 0 Å². The fourth-order valence-corrected chi connectivity index (χ4v) is 6.04. The van der Waals surface area contributed by atoms with Gasteiger partial charge in [-0.15, -0.1) is 11.3 Å². The van der Waals surface area contributed by atoms with Gasteiger partial charge in [-0.2, -0.15) is 0 Å². The van der Waals surface area contributed by atoms with Crippen molar-refractivity contribution in [1.29, 1.82) is 0 Å². The van der Waals surface area contributed by atoms with E-state index in [0.717, 1.165) is 21.2 Å². The minimum atomic E-state index is -1.01. The van der Waals surface area contributed by atoms with Crippen LogP contribution in [0.1, 0.15) is 66.9 Å². The third-order valence-corrected chi connectivity index (χ3v) is 8.84. The molecule has 0 saturated carbocycles. The molecule has 2 N–H and O–H groups in total. The van der Waals surface area contributed by atoms with E-state index in [-0.39, 0.29) is 30.6 Å². The first-order chi connectivity index (χ1) is 20.9. The molecule has 3 aromatic rings. The van der Waals surface area contributed by atoms with Gasteiger partial charge >= 0.3 is 11.9 Å². The number of nitrogens with zero attached hydrogens (tertiary/aromatic N) is 1. The van der Waals surface area contributed by atoms with Crippen LogP contribution in [0.25, 0.3) is 10.1 Å². The molecule has 0 fully saturated rings. The van der Waals surface area contributed by atoms with E-state index in [9.17, 15) is 24.3 Å². The number of hydrogen-bond acceptors (Lipinski definition) is 9. The first-order valence-corrected chi connectivity index (χ1v) is 15.1. The minimum Gasteiger partial charge on any atom is -0.493 e. The van der Waals surface area contributed by atoms with Crippen molar-refractivity contribution in [2.75, 3.05) is 27.4 Å². The zero-order valence-electron chi connectivity index (χ0n) is 25.4. The number of amides is 1. The second kappa shape index (κ2) is 14.0. The molecule has 0 spiro atoms. The van der Waals surface area contributed by atoms with Crippen LogP contribution in [0.15, 0.2) is 30.3 Å². The third-order valence-electron chi connectivity index (χ3n) is 7.70. The Morgan fingerprint density at radius 2 is 1.45 bits per heavy atom. The lowest BCUT2D eigenvalue weighted by molar-refractivity contribution is -0.146. The zero-order valence-corrected chi connectivity index (χ0v) is 26.2. The third kappa shape index (κ3) is 7.24. The highest BCUT2D eigenvalue weighted by molar-refractivity contribution is 7.20. The fourth-order valence-electron chi connectivity index (χ4n) is 5.02. The van der Waals surface area contributed by atoms with Crippen molar-refractivity contribution in [3.05, 3.63) is 46.3 Å². The standard InChI is InChI=1S/C32H37NO10S/c1-17(31(36)37)9-23(34)29-13-20-11-26(25(41-5)15-28(20)44-29)42-7-6-8-43-27-14-22-19(3)33(16-21(22)12-24(27)40-4)30(35)10-18(2)32(38)39/h11-15,17-19H,6-10,16H2,1-5H3,(H,36,37)(H,38,39). The summed E-state index contributed by atoms with van der Waals surface area (Å²) >= 11 is 1.29. The number of Topliss-reactive ketones (excluding diaryl/α,β-unsaturated/α-hetero) is 1. The van der Waals surface area contributed by atoms with Gasteiger partial charge in [0.1, 0.15) is 0 Å². The highest BCUT2D eigenvalue weighted by Crippen LogP contribution is 2.41. The monoisotopic (exact) mass is 627 g/mol. The molecule has 44 heavy (non-hydrogen) atoms. The van der Waals surface area contributed by atoms with Crippen LogP contribution >= 0.6 is 11.3 Å². The average Bonchev–Trinajstić information content (AvgIpc) is 3.55. The van der Waals surface area contributed by atoms with Gasteiger partial charge < -0.3 is 34.1 Å². The second-order valence-electron chi connectivity index (χ2n) is 10.9. The van der Waals surface area contributed by atoms with Crippen LogP contribution in [0, 0.1) is 11.8 Å². The van der Waals surface area contributed by atoms with Gasteiger partial charge in [-0.3, -0.25) is 19.2 Å². The molecule has 2 aromatic carbocycles. The number of thiophene rings is 1. The minimum absolute atomic E-state index is 0.0658. The predicted octanol–water partition coefficient (Wildman–Crippen LogP) is 5.57.